The molecular formula is C3H4NaO6P. The number of carboxylic acid groups (broad SMARTS) is 1. The van der Waals surface area contributed by atoms with Crippen LogP contribution >= 0.6 is 7.91 Å². The Hall–Kier alpha value is 0.290. The first-order valence-electron chi connectivity index (χ1n) is 2.20. The molecule has 0 aliphatic rings. The normalized spacial score (nSPS) is 11.4. The Balaban J connectivity index is 0. The van der Waals surface area contributed by atoms with Crippen molar-refractivity contribution in [1.82, 2.24) is 0 Å². The van der Waals surface area contributed by atoms with Crippen molar-refractivity contribution in [2.24, 2.45) is 0 Å². The van der Waals surface area contributed by atoms with Crippen molar-refractivity contribution in [1.29, 1.82) is 0 Å². The molecule has 0 aliphatic carbocycles. The third-order valence-electron chi connectivity index (χ3n) is 0.642. The van der Waals surface area contributed by atoms with Gasteiger partial charge in [0.2, 0.25) is 0 Å². The largest absolute Gasteiger partial charge is 1.00 e. The summed E-state index contributed by atoms with van der Waals surface area (Å²) < 4.78 is 23.1. The predicted molar refractivity (Wildman–Crippen MR) is 25.3 cm³/mol. The van der Waals surface area contributed by atoms with Gasteiger partial charge in [-0.2, -0.15) is 0 Å². The molecule has 0 aromatic heterocycles. The van der Waals surface area contributed by atoms with Crippen molar-refractivity contribution in [3.63, 3.8) is 0 Å². The Morgan fingerprint density at radius 1 is 1.64 bits per heavy atom. The maximum absolute atomic E-state index is 9.80. The summed E-state index contributed by atoms with van der Waals surface area (Å²) >= 11 is 0. The van der Waals surface area contributed by atoms with Gasteiger partial charge in [-0.1, -0.05) is 0 Å². The standard InChI is InChI=1S/C3H5O6P.Na/c4-1-2(3(5)6)9-10(7)8;/h2,4H,1H2,(H,5,6);/q;+1/p-1. The van der Waals surface area contributed by atoms with Gasteiger partial charge in [0, 0.05) is 0 Å². The molecule has 0 radical (unpaired) electrons. The zero-order valence-corrected chi connectivity index (χ0v) is 8.61. The summed E-state index contributed by atoms with van der Waals surface area (Å²) in [6.07, 6.45) is -1.79. The number of carboxylic acids is 1. The van der Waals surface area contributed by atoms with Gasteiger partial charge in [-0.05, 0) is 0 Å². The monoisotopic (exact) mass is 190 g/mol. The minimum atomic E-state index is -3.26. The van der Waals surface area contributed by atoms with E-state index in [-0.39, 0.29) is 29.6 Å². The fourth-order valence-corrected chi connectivity index (χ4v) is 0.615. The molecule has 0 amide bonds. The third kappa shape index (κ3) is 6.68. The first-order valence-corrected chi connectivity index (χ1v) is 3.30. The number of aliphatic hydroxyl groups is 1. The van der Waals surface area contributed by atoms with Crippen molar-refractivity contribution in [2.75, 3.05) is 6.61 Å². The van der Waals surface area contributed by atoms with Crippen LogP contribution in [0.25, 0.3) is 0 Å². The van der Waals surface area contributed by atoms with Gasteiger partial charge < -0.3 is 15.0 Å². The van der Waals surface area contributed by atoms with Crippen LogP contribution in [0.5, 0.6) is 0 Å². The molecule has 58 valence electrons. The van der Waals surface area contributed by atoms with Crippen LogP contribution in [0.15, 0.2) is 0 Å². The first kappa shape index (κ1) is 13.9. The van der Waals surface area contributed by atoms with Gasteiger partial charge in [-0.25, -0.2) is 9.13 Å². The zero-order valence-electron chi connectivity index (χ0n) is 5.72. The molecule has 1 unspecified atom stereocenters. The molecule has 0 spiro atoms. The van der Waals surface area contributed by atoms with Crippen LogP contribution in [0.1, 0.15) is 0 Å². The number of hydrogen-bond donors (Lipinski definition) is 1. The summed E-state index contributed by atoms with van der Waals surface area (Å²) in [6.45, 7) is -0.925. The van der Waals surface area contributed by atoms with Crippen LogP contribution in [-0.2, 0) is 18.4 Å². The molecule has 1 atom stereocenters. The Morgan fingerprint density at radius 3 is 2.18 bits per heavy atom. The second-order valence-electron chi connectivity index (χ2n) is 1.32. The van der Waals surface area contributed by atoms with Crippen molar-refractivity contribution >= 4 is 13.9 Å². The number of carbonyl (C=O) groups excluding carboxylic acids is 1. The Kier molecular flexibility index (Phi) is 8.77. The number of hydrogen-bond acceptors (Lipinski definition) is 6. The van der Waals surface area contributed by atoms with E-state index in [2.05, 4.69) is 4.52 Å². The fraction of sp³-hybridized carbons (Fsp3) is 0.667. The van der Waals surface area contributed by atoms with E-state index in [9.17, 15) is 19.0 Å². The van der Waals surface area contributed by atoms with Gasteiger partial charge in [0.05, 0.1) is 12.6 Å². The van der Waals surface area contributed by atoms with Gasteiger partial charge in [-0.15, -0.1) is 0 Å². The second kappa shape index (κ2) is 6.97. The Bertz CT molecular complexity index is 180. The van der Waals surface area contributed by atoms with E-state index in [4.69, 9.17) is 5.11 Å². The van der Waals surface area contributed by atoms with Crippen LogP contribution in [0.3, 0.4) is 0 Å². The molecule has 0 bridgehead atoms. The molecule has 0 rings (SSSR count). The summed E-state index contributed by atoms with van der Waals surface area (Å²) in [6, 6.07) is 0. The quantitative estimate of drug-likeness (QED) is 0.352. The van der Waals surface area contributed by atoms with Gasteiger partial charge in [0.25, 0.3) is 0 Å². The average molecular weight is 190 g/mol. The zero-order chi connectivity index (χ0) is 8.15. The Labute approximate surface area is 84.7 Å². The fourth-order valence-electron chi connectivity index (χ4n) is 0.255. The molecule has 6 nitrogen and oxygen atoms in total. The van der Waals surface area contributed by atoms with Crippen LogP contribution in [0, 0.1) is 0 Å². The van der Waals surface area contributed by atoms with Gasteiger partial charge in [0.15, 0.2) is 0 Å². The number of carbonyl (C=O) groups is 1. The van der Waals surface area contributed by atoms with Crippen molar-refractivity contribution in [3.8, 4) is 0 Å². The summed E-state index contributed by atoms with van der Waals surface area (Å²) in [5, 5.41) is 17.9. The number of rotatable bonds is 4. The SMILES string of the molecule is O=C([O-])C(CO)OP(=O)=O.[Na+]. The van der Waals surface area contributed by atoms with Gasteiger partial charge >= 0.3 is 37.5 Å². The molecule has 0 saturated carbocycles. The first-order chi connectivity index (χ1) is 4.57. The van der Waals surface area contributed by atoms with Crippen molar-refractivity contribution in [3.05, 3.63) is 0 Å². The topological polar surface area (TPSA) is 104 Å². The number of aliphatic hydroxyl groups excluding tert-OH is 1. The van der Waals surface area contributed by atoms with Crippen LogP contribution in [0.2, 0.25) is 0 Å². The molecule has 8 heteroatoms. The summed E-state index contributed by atoms with van der Waals surface area (Å²) in [7, 11) is -3.26. The maximum Gasteiger partial charge on any atom is 1.00 e. The van der Waals surface area contributed by atoms with Crippen LogP contribution in [0.4, 0.5) is 0 Å². The predicted octanol–water partition coefficient (Wildman–Crippen LogP) is -4.79. The van der Waals surface area contributed by atoms with E-state index in [1.54, 1.807) is 0 Å². The Morgan fingerprint density at radius 2 is 2.09 bits per heavy atom. The average Bonchev–Trinajstić information content (AvgIpc) is 1.81. The molecule has 0 aromatic rings. The van der Waals surface area contributed by atoms with Gasteiger partial charge in [0.1, 0.15) is 6.10 Å². The van der Waals surface area contributed by atoms with Crippen molar-refractivity contribution in [2.45, 2.75) is 6.10 Å². The maximum atomic E-state index is 9.80. The smallest absolute Gasteiger partial charge is 0.547 e. The van der Waals surface area contributed by atoms with E-state index in [0.717, 1.165) is 0 Å². The van der Waals surface area contributed by atoms with E-state index < -0.39 is 26.6 Å². The van der Waals surface area contributed by atoms with E-state index in [1.807, 2.05) is 0 Å². The van der Waals surface area contributed by atoms with Crippen molar-refractivity contribution < 1.29 is 58.2 Å². The molecule has 0 saturated heterocycles. The minimum Gasteiger partial charge on any atom is -0.547 e. The molecule has 0 heterocycles. The van der Waals surface area contributed by atoms with E-state index >= 15 is 0 Å². The van der Waals surface area contributed by atoms with Gasteiger partial charge in [-0.3, -0.25) is 4.52 Å². The summed E-state index contributed by atoms with van der Waals surface area (Å²) in [5.74, 6) is -1.76. The van der Waals surface area contributed by atoms with E-state index in [1.165, 1.54) is 0 Å². The van der Waals surface area contributed by atoms with Crippen LogP contribution in [-0.4, -0.2) is 23.8 Å². The molecule has 1 N–H and O–H groups in total. The molecule has 0 fully saturated rings. The van der Waals surface area contributed by atoms with E-state index in [0.29, 0.717) is 0 Å². The molecular weight excluding hydrogens is 186 g/mol. The molecule has 0 aromatic carbocycles. The number of aliphatic carboxylic acids is 1. The molecule has 0 aliphatic heterocycles. The van der Waals surface area contributed by atoms with Crippen LogP contribution < -0.4 is 34.7 Å². The third-order valence-corrected chi connectivity index (χ3v) is 1.07. The minimum absolute atomic E-state index is 0. The molecule has 11 heavy (non-hydrogen) atoms. The summed E-state index contributed by atoms with van der Waals surface area (Å²) in [5.41, 5.74) is 0. The summed E-state index contributed by atoms with van der Waals surface area (Å²) in [4.78, 5) is 9.80. The second-order valence-corrected chi connectivity index (χ2v) is 1.98.